The number of carbonyl (C=O) groups excluding carboxylic acids is 2. The number of methoxy groups -OCH3 is 3. The first-order chi connectivity index (χ1) is 11.3. The Kier molecular flexibility index (Phi) is 7.55. The molecule has 6 nitrogen and oxygen atoms in total. The highest BCUT2D eigenvalue weighted by atomic mass is 16.5. The molecule has 0 saturated heterocycles. The van der Waals surface area contributed by atoms with Crippen LogP contribution in [0.15, 0.2) is 18.2 Å². The van der Waals surface area contributed by atoms with Crippen molar-refractivity contribution in [2.24, 2.45) is 11.8 Å². The normalized spacial score (nSPS) is 11.8. The third-order valence-electron chi connectivity index (χ3n) is 3.57. The van der Waals surface area contributed by atoms with Crippen LogP contribution in [0.5, 0.6) is 11.5 Å². The van der Waals surface area contributed by atoms with Crippen LogP contribution in [0.4, 0.5) is 0 Å². The smallest absolute Gasteiger partial charge is 0.310 e. The van der Waals surface area contributed by atoms with E-state index in [1.54, 1.807) is 30.0 Å². The summed E-state index contributed by atoms with van der Waals surface area (Å²) >= 11 is 0. The van der Waals surface area contributed by atoms with Gasteiger partial charge < -0.3 is 19.1 Å². The lowest BCUT2D eigenvalue weighted by Crippen LogP contribution is -2.39. The molecule has 0 radical (unpaired) electrons. The van der Waals surface area contributed by atoms with Crippen LogP contribution in [0.1, 0.15) is 31.1 Å². The first kappa shape index (κ1) is 19.8. The molecule has 1 aromatic carbocycles. The molecule has 1 atom stereocenters. The van der Waals surface area contributed by atoms with Crippen molar-refractivity contribution in [2.45, 2.75) is 20.8 Å². The Morgan fingerprint density at radius 3 is 1.92 bits per heavy atom. The van der Waals surface area contributed by atoms with Crippen molar-refractivity contribution in [3.63, 3.8) is 0 Å². The van der Waals surface area contributed by atoms with Gasteiger partial charge in [-0.1, -0.05) is 20.8 Å². The average Bonchev–Trinajstić information content (AvgIpc) is 2.58. The van der Waals surface area contributed by atoms with Crippen LogP contribution in [0.3, 0.4) is 0 Å². The SMILES string of the molecule is COC(=O)C(C)CN(CC(C)C)C(=O)c1cc(OC)cc(OC)c1. The van der Waals surface area contributed by atoms with Crippen molar-refractivity contribution in [3.05, 3.63) is 23.8 Å². The highest BCUT2D eigenvalue weighted by Crippen LogP contribution is 2.24. The first-order valence-electron chi connectivity index (χ1n) is 7.92. The van der Waals surface area contributed by atoms with E-state index < -0.39 is 5.92 Å². The molecule has 134 valence electrons. The molecule has 1 amide bonds. The van der Waals surface area contributed by atoms with Crippen molar-refractivity contribution in [3.8, 4) is 11.5 Å². The second-order valence-electron chi connectivity index (χ2n) is 6.13. The molecule has 1 unspecified atom stereocenters. The van der Waals surface area contributed by atoms with Gasteiger partial charge in [-0.15, -0.1) is 0 Å². The molecule has 0 aliphatic heterocycles. The van der Waals surface area contributed by atoms with Gasteiger partial charge in [0.05, 0.1) is 27.2 Å². The number of carbonyl (C=O) groups is 2. The van der Waals surface area contributed by atoms with Gasteiger partial charge in [-0.05, 0) is 18.1 Å². The predicted molar refractivity (Wildman–Crippen MR) is 91.5 cm³/mol. The summed E-state index contributed by atoms with van der Waals surface area (Å²) in [5.74, 6) is 0.458. The Morgan fingerprint density at radius 2 is 1.50 bits per heavy atom. The number of ether oxygens (including phenoxy) is 3. The summed E-state index contributed by atoms with van der Waals surface area (Å²) in [5.41, 5.74) is 0.462. The van der Waals surface area contributed by atoms with Gasteiger partial charge in [-0.3, -0.25) is 9.59 Å². The highest BCUT2D eigenvalue weighted by molar-refractivity contribution is 5.95. The minimum absolute atomic E-state index is 0.170. The summed E-state index contributed by atoms with van der Waals surface area (Å²) in [6, 6.07) is 5.04. The van der Waals surface area contributed by atoms with Gasteiger partial charge in [0, 0.05) is 24.7 Å². The topological polar surface area (TPSA) is 65.1 Å². The van der Waals surface area contributed by atoms with E-state index in [1.807, 2.05) is 13.8 Å². The number of benzene rings is 1. The second-order valence-corrected chi connectivity index (χ2v) is 6.13. The summed E-state index contributed by atoms with van der Waals surface area (Å²) in [6.07, 6.45) is 0. The summed E-state index contributed by atoms with van der Waals surface area (Å²) in [7, 11) is 4.42. The molecule has 0 aliphatic carbocycles. The summed E-state index contributed by atoms with van der Waals surface area (Å²) in [5, 5.41) is 0. The third-order valence-corrected chi connectivity index (χ3v) is 3.57. The van der Waals surface area contributed by atoms with E-state index in [0.717, 1.165) is 0 Å². The average molecular weight is 337 g/mol. The van der Waals surface area contributed by atoms with Crippen LogP contribution in [0.2, 0.25) is 0 Å². The van der Waals surface area contributed by atoms with Crippen LogP contribution in [0.25, 0.3) is 0 Å². The third kappa shape index (κ3) is 5.44. The molecule has 0 aromatic heterocycles. The van der Waals surface area contributed by atoms with Crippen molar-refractivity contribution in [2.75, 3.05) is 34.4 Å². The van der Waals surface area contributed by atoms with Crippen LogP contribution < -0.4 is 9.47 Å². The Balaban J connectivity index is 3.09. The summed E-state index contributed by atoms with van der Waals surface area (Å²) in [4.78, 5) is 26.3. The number of amides is 1. The molecule has 0 heterocycles. The number of esters is 1. The molecule has 0 fully saturated rings. The molecule has 0 saturated carbocycles. The molecular weight excluding hydrogens is 310 g/mol. The zero-order chi connectivity index (χ0) is 18.3. The molecule has 6 heteroatoms. The lowest BCUT2D eigenvalue weighted by atomic mass is 10.1. The van der Waals surface area contributed by atoms with Gasteiger partial charge in [0.25, 0.3) is 5.91 Å². The summed E-state index contributed by atoms with van der Waals surface area (Å²) in [6.45, 7) is 6.63. The van der Waals surface area contributed by atoms with Crippen molar-refractivity contribution >= 4 is 11.9 Å². The van der Waals surface area contributed by atoms with E-state index in [2.05, 4.69) is 0 Å². The number of hydrogen-bond donors (Lipinski definition) is 0. The molecule has 1 aromatic rings. The van der Waals surface area contributed by atoms with Gasteiger partial charge in [-0.2, -0.15) is 0 Å². The van der Waals surface area contributed by atoms with Gasteiger partial charge >= 0.3 is 5.97 Å². The standard InChI is InChI=1S/C18H27NO5/c1-12(2)10-19(11-13(3)18(21)24-6)17(20)14-7-15(22-4)9-16(8-14)23-5/h7-9,12-13H,10-11H2,1-6H3. The van der Waals surface area contributed by atoms with E-state index in [9.17, 15) is 9.59 Å². The monoisotopic (exact) mass is 337 g/mol. The van der Waals surface area contributed by atoms with Gasteiger partial charge in [-0.25, -0.2) is 0 Å². The maximum absolute atomic E-state index is 12.9. The van der Waals surface area contributed by atoms with Crippen molar-refractivity contribution in [1.82, 2.24) is 4.90 Å². The zero-order valence-corrected chi connectivity index (χ0v) is 15.3. The molecule has 0 N–H and O–H groups in total. The van der Waals surface area contributed by atoms with Crippen LogP contribution in [0, 0.1) is 11.8 Å². The minimum atomic E-state index is -0.398. The van der Waals surface area contributed by atoms with E-state index in [1.165, 1.54) is 21.3 Å². The van der Waals surface area contributed by atoms with Crippen molar-refractivity contribution in [1.29, 1.82) is 0 Å². The lowest BCUT2D eigenvalue weighted by Gasteiger charge is -2.27. The van der Waals surface area contributed by atoms with Crippen LogP contribution in [-0.2, 0) is 9.53 Å². The fraction of sp³-hybridized carbons (Fsp3) is 0.556. The fourth-order valence-corrected chi connectivity index (χ4v) is 2.40. The Labute approximate surface area is 143 Å². The Bertz CT molecular complexity index is 548. The number of hydrogen-bond acceptors (Lipinski definition) is 5. The number of rotatable bonds is 8. The number of nitrogens with zero attached hydrogens (tertiary/aromatic N) is 1. The van der Waals surface area contributed by atoms with E-state index in [4.69, 9.17) is 14.2 Å². The van der Waals surface area contributed by atoms with E-state index >= 15 is 0 Å². The molecule has 24 heavy (non-hydrogen) atoms. The minimum Gasteiger partial charge on any atom is -0.497 e. The van der Waals surface area contributed by atoms with E-state index in [0.29, 0.717) is 30.2 Å². The van der Waals surface area contributed by atoms with Gasteiger partial charge in [0.15, 0.2) is 0 Å². The van der Waals surface area contributed by atoms with Gasteiger partial charge in [0.2, 0.25) is 0 Å². The molecule has 0 bridgehead atoms. The highest BCUT2D eigenvalue weighted by Gasteiger charge is 2.24. The van der Waals surface area contributed by atoms with Gasteiger partial charge in [0.1, 0.15) is 11.5 Å². The maximum atomic E-state index is 12.9. The second kappa shape index (κ2) is 9.15. The van der Waals surface area contributed by atoms with E-state index in [-0.39, 0.29) is 17.8 Å². The maximum Gasteiger partial charge on any atom is 0.310 e. The first-order valence-corrected chi connectivity index (χ1v) is 7.92. The fourth-order valence-electron chi connectivity index (χ4n) is 2.40. The molecule has 1 rings (SSSR count). The summed E-state index contributed by atoms with van der Waals surface area (Å²) < 4.78 is 15.2. The zero-order valence-electron chi connectivity index (χ0n) is 15.3. The van der Waals surface area contributed by atoms with Crippen molar-refractivity contribution < 1.29 is 23.8 Å². The Hall–Kier alpha value is -2.24. The quantitative estimate of drug-likeness (QED) is 0.682. The van der Waals surface area contributed by atoms with Crippen LogP contribution in [-0.4, -0.2) is 51.2 Å². The molecular formula is C18H27NO5. The molecule has 0 aliphatic rings. The lowest BCUT2D eigenvalue weighted by molar-refractivity contribution is -0.145. The Morgan fingerprint density at radius 1 is 0.958 bits per heavy atom. The predicted octanol–water partition coefficient (Wildman–Crippen LogP) is 2.61. The molecule has 0 spiro atoms. The largest absolute Gasteiger partial charge is 0.497 e. The van der Waals surface area contributed by atoms with Crippen LogP contribution >= 0.6 is 0 Å².